The van der Waals surface area contributed by atoms with E-state index in [-0.39, 0.29) is 11.3 Å². The number of hydrogen-bond donors (Lipinski definition) is 1. The van der Waals surface area contributed by atoms with Crippen LogP contribution in [0.2, 0.25) is 0 Å². The number of benzene rings is 2. The first kappa shape index (κ1) is 29.7. The summed E-state index contributed by atoms with van der Waals surface area (Å²) in [5.41, 5.74) is 1.04. The molecular formula is C32H40N2O8. The summed E-state index contributed by atoms with van der Waals surface area (Å²) in [5, 5.41) is 11.5. The molecule has 2 aromatic rings. The highest BCUT2D eigenvalue weighted by molar-refractivity contribution is 6.46. The van der Waals surface area contributed by atoms with E-state index in [2.05, 4.69) is 18.7 Å². The summed E-state index contributed by atoms with van der Waals surface area (Å²) >= 11 is 0. The van der Waals surface area contributed by atoms with E-state index < -0.39 is 17.7 Å². The molecule has 0 unspecified atom stereocenters. The van der Waals surface area contributed by atoms with E-state index in [0.717, 1.165) is 26.1 Å². The number of fused-ring (bicyclic) bond motifs is 1. The number of likely N-dealkylation sites (tertiary alicyclic amines) is 1. The maximum atomic E-state index is 13.5. The third-order valence-electron chi connectivity index (χ3n) is 7.79. The van der Waals surface area contributed by atoms with E-state index in [1.165, 1.54) is 0 Å². The maximum Gasteiger partial charge on any atom is 0.295 e. The zero-order valence-electron chi connectivity index (χ0n) is 24.6. The molecule has 2 fully saturated rings. The fourth-order valence-electron chi connectivity index (χ4n) is 5.47. The largest absolute Gasteiger partial charge is 0.507 e. The van der Waals surface area contributed by atoms with Crippen LogP contribution in [0.15, 0.2) is 42.0 Å². The Labute approximate surface area is 246 Å². The molecule has 1 N–H and O–H groups in total. The lowest BCUT2D eigenvalue weighted by molar-refractivity contribution is -0.140. The highest BCUT2D eigenvalue weighted by Crippen LogP contribution is 2.43. The van der Waals surface area contributed by atoms with Gasteiger partial charge in [0, 0.05) is 31.7 Å². The van der Waals surface area contributed by atoms with Gasteiger partial charge in [-0.05, 0) is 54.7 Å². The van der Waals surface area contributed by atoms with Gasteiger partial charge in [0.05, 0.1) is 38.5 Å². The van der Waals surface area contributed by atoms with Crippen molar-refractivity contribution in [2.75, 3.05) is 66.3 Å². The molecule has 3 heterocycles. The van der Waals surface area contributed by atoms with Crippen LogP contribution in [0.3, 0.4) is 0 Å². The molecule has 5 rings (SSSR count). The topological polar surface area (TPSA) is 107 Å². The number of morpholine rings is 1. The minimum Gasteiger partial charge on any atom is -0.507 e. The van der Waals surface area contributed by atoms with Gasteiger partial charge in [-0.3, -0.25) is 14.5 Å². The Balaban J connectivity index is 1.49. The van der Waals surface area contributed by atoms with Crippen LogP contribution < -0.4 is 18.9 Å². The molecule has 0 spiro atoms. The first-order valence-corrected chi connectivity index (χ1v) is 14.7. The molecule has 0 bridgehead atoms. The van der Waals surface area contributed by atoms with Gasteiger partial charge in [0.2, 0.25) is 0 Å². The first-order valence-electron chi connectivity index (χ1n) is 14.7. The number of nitrogens with zero attached hydrogens (tertiary/aromatic N) is 2. The monoisotopic (exact) mass is 580 g/mol. The van der Waals surface area contributed by atoms with Crippen molar-refractivity contribution in [3.63, 3.8) is 0 Å². The molecule has 10 heteroatoms. The molecule has 0 radical (unpaired) electrons. The summed E-state index contributed by atoms with van der Waals surface area (Å²) in [5.74, 6) is 0.983. The number of aliphatic hydroxyl groups excluding tert-OH is 1. The molecular weight excluding hydrogens is 540 g/mol. The van der Waals surface area contributed by atoms with Crippen LogP contribution in [0.25, 0.3) is 5.76 Å². The Morgan fingerprint density at radius 2 is 1.74 bits per heavy atom. The first-order chi connectivity index (χ1) is 20.4. The van der Waals surface area contributed by atoms with Crippen LogP contribution in [0, 0.1) is 5.92 Å². The van der Waals surface area contributed by atoms with Gasteiger partial charge in [-0.2, -0.15) is 0 Å². The Morgan fingerprint density at radius 3 is 2.48 bits per heavy atom. The number of carbonyl (C=O) groups is 2. The molecule has 1 amide bonds. The second kappa shape index (κ2) is 13.5. The molecule has 2 aromatic carbocycles. The van der Waals surface area contributed by atoms with E-state index in [0.29, 0.717) is 86.0 Å². The van der Waals surface area contributed by atoms with Crippen molar-refractivity contribution >= 4 is 17.4 Å². The number of amides is 1. The number of ether oxygens (including phenoxy) is 5. The van der Waals surface area contributed by atoms with Gasteiger partial charge >= 0.3 is 0 Å². The minimum absolute atomic E-state index is 0.0265. The fourth-order valence-corrected chi connectivity index (χ4v) is 5.47. The SMILES string of the molecule is COc1cc([C@H]2C(=C(O)c3ccc4c(c3)OCCO4)C(=O)C(=O)N2CCCN2CCOCC2)ccc1OCCC(C)C. The molecule has 42 heavy (non-hydrogen) atoms. The van der Waals surface area contributed by atoms with Crippen molar-refractivity contribution in [1.29, 1.82) is 0 Å². The molecule has 2 saturated heterocycles. The number of rotatable bonds is 11. The molecule has 0 saturated carbocycles. The summed E-state index contributed by atoms with van der Waals surface area (Å²) in [6.07, 6.45) is 1.56. The lowest BCUT2D eigenvalue weighted by atomic mass is 9.94. The predicted molar refractivity (Wildman–Crippen MR) is 156 cm³/mol. The lowest BCUT2D eigenvalue weighted by Gasteiger charge is -2.29. The van der Waals surface area contributed by atoms with Gasteiger partial charge in [0.1, 0.15) is 19.0 Å². The average Bonchev–Trinajstić information content (AvgIpc) is 3.26. The fraction of sp³-hybridized carbons (Fsp3) is 0.500. The Morgan fingerprint density at radius 1 is 0.976 bits per heavy atom. The van der Waals surface area contributed by atoms with Crippen LogP contribution in [-0.2, 0) is 14.3 Å². The van der Waals surface area contributed by atoms with Crippen LogP contribution in [-0.4, -0.2) is 92.9 Å². The highest BCUT2D eigenvalue weighted by Gasteiger charge is 2.46. The van der Waals surface area contributed by atoms with Gasteiger partial charge in [-0.15, -0.1) is 0 Å². The molecule has 1 atom stereocenters. The van der Waals surface area contributed by atoms with E-state index in [1.54, 1.807) is 42.3 Å². The Hall–Kier alpha value is -3.76. The van der Waals surface area contributed by atoms with Crippen molar-refractivity contribution in [1.82, 2.24) is 9.80 Å². The van der Waals surface area contributed by atoms with Gasteiger partial charge in [0.15, 0.2) is 23.0 Å². The highest BCUT2D eigenvalue weighted by atomic mass is 16.6. The third kappa shape index (κ3) is 6.50. The van der Waals surface area contributed by atoms with Crippen molar-refractivity contribution in [2.45, 2.75) is 32.7 Å². The average molecular weight is 581 g/mol. The zero-order chi connectivity index (χ0) is 29.6. The number of aliphatic hydroxyl groups is 1. The van der Waals surface area contributed by atoms with Crippen LogP contribution in [0.5, 0.6) is 23.0 Å². The Kier molecular flexibility index (Phi) is 9.54. The summed E-state index contributed by atoms with van der Waals surface area (Å²) in [6.45, 7) is 9.79. The summed E-state index contributed by atoms with van der Waals surface area (Å²) in [6, 6.07) is 9.61. The molecule has 3 aliphatic heterocycles. The molecule has 0 aliphatic carbocycles. The van der Waals surface area contributed by atoms with Crippen molar-refractivity contribution in [2.24, 2.45) is 5.92 Å². The summed E-state index contributed by atoms with van der Waals surface area (Å²) < 4.78 is 28.4. The van der Waals surface area contributed by atoms with Crippen LogP contribution in [0.4, 0.5) is 0 Å². The van der Waals surface area contributed by atoms with E-state index >= 15 is 0 Å². The van der Waals surface area contributed by atoms with Gasteiger partial charge < -0.3 is 33.7 Å². The lowest BCUT2D eigenvalue weighted by Crippen LogP contribution is -2.39. The smallest absolute Gasteiger partial charge is 0.295 e. The van der Waals surface area contributed by atoms with Gasteiger partial charge in [0.25, 0.3) is 11.7 Å². The third-order valence-corrected chi connectivity index (χ3v) is 7.79. The number of ketones is 1. The predicted octanol–water partition coefficient (Wildman–Crippen LogP) is 4.04. The van der Waals surface area contributed by atoms with E-state index in [1.807, 2.05) is 6.07 Å². The molecule has 226 valence electrons. The van der Waals surface area contributed by atoms with E-state index in [9.17, 15) is 14.7 Å². The quantitative estimate of drug-likeness (QED) is 0.239. The van der Waals surface area contributed by atoms with Crippen molar-refractivity contribution in [3.8, 4) is 23.0 Å². The van der Waals surface area contributed by atoms with Gasteiger partial charge in [-0.1, -0.05) is 19.9 Å². The van der Waals surface area contributed by atoms with E-state index in [4.69, 9.17) is 23.7 Å². The minimum atomic E-state index is -0.804. The second-order valence-electron chi connectivity index (χ2n) is 11.1. The van der Waals surface area contributed by atoms with Crippen molar-refractivity contribution < 1.29 is 38.4 Å². The standard InChI is InChI=1S/C32H40N2O8/c1-21(2)9-14-40-24-7-5-22(19-26(24)38-3)29-28(30(35)23-6-8-25-27(20-23)42-18-17-41-25)31(36)32(37)34(29)11-4-10-33-12-15-39-16-13-33/h5-8,19-21,29,35H,4,9-18H2,1-3H3/t29-/m0/s1. The molecule has 0 aromatic heterocycles. The normalized spacial score (nSPS) is 20.3. The number of methoxy groups -OCH3 is 1. The number of Topliss-reactive ketones (excluding diaryl/α,β-unsaturated/α-hetero) is 1. The number of hydrogen-bond acceptors (Lipinski definition) is 9. The molecule has 10 nitrogen and oxygen atoms in total. The van der Waals surface area contributed by atoms with Crippen molar-refractivity contribution in [3.05, 3.63) is 53.1 Å². The van der Waals surface area contributed by atoms with Gasteiger partial charge in [-0.25, -0.2) is 0 Å². The van der Waals surface area contributed by atoms with Crippen LogP contribution in [0.1, 0.15) is 43.9 Å². The zero-order valence-corrected chi connectivity index (χ0v) is 24.6. The summed E-state index contributed by atoms with van der Waals surface area (Å²) in [4.78, 5) is 30.9. The molecule has 3 aliphatic rings. The maximum absolute atomic E-state index is 13.5. The van der Waals surface area contributed by atoms with Crippen LogP contribution >= 0.6 is 0 Å². The number of carbonyl (C=O) groups excluding carboxylic acids is 2. The Bertz CT molecular complexity index is 1320. The second-order valence-corrected chi connectivity index (χ2v) is 11.1. The summed E-state index contributed by atoms with van der Waals surface area (Å²) in [7, 11) is 1.56.